The normalized spacial score (nSPS) is 15.9. The van der Waals surface area contributed by atoms with Crippen LogP contribution in [0.1, 0.15) is 30.1 Å². The number of carbonyl (C=O) groups excluding carboxylic acids is 2. The van der Waals surface area contributed by atoms with Crippen LogP contribution in [0.3, 0.4) is 0 Å². The fraction of sp³-hybridized carbons (Fsp3) is 0.467. The summed E-state index contributed by atoms with van der Waals surface area (Å²) in [5.41, 5.74) is 0.639. The molecular formula is C15H18BrClN2O2. The minimum atomic E-state index is -0.00130. The van der Waals surface area contributed by atoms with E-state index in [-0.39, 0.29) is 11.8 Å². The quantitative estimate of drug-likeness (QED) is 0.885. The third-order valence-electron chi connectivity index (χ3n) is 3.70. The molecule has 6 heteroatoms. The highest BCUT2D eigenvalue weighted by atomic mass is 79.9. The Morgan fingerprint density at radius 3 is 2.62 bits per heavy atom. The lowest BCUT2D eigenvalue weighted by atomic mass is 9.96. The molecule has 114 valence electrons. The summed E-state index contributed by atoms with van der Waals surface area (Å²) < 4.78 is 0.723. The fourth-order valence-corrected chi connectivity index (χ4v) is 3.31. The van der Waals surface area contributed by atoms with Gasteiger partial charge >= 0.3 is 0 Å². The van der Waals surface area contributed by atoms with Crippen molar-refractivity contribution in [3.63, 3.8) is 0 Å². The molecule has 1 aromatic carbocycles. The van der Waals surface area contributed by atoms with Gasteiger partial charge in [0, 0.05) is 36.1 Å². The standard InChI is InChI=1S/C15H18BrClN2O2/c1-10(20)18-9-11-4-6-19(7-5-11)15(21)13-3-2-12(17)8-14(13)16/h2-3,8,11H,4-7,9H2,1H3,(H,18,20). The van der Waals surface area contributed by atoms with E-state index in [4.69, 9.17) is 11.6 Å². The van der Waals surface area contributed by atoms with Crippen LogP contribution in [0.25, 0.3) is 0 Å². The maximum atomic E-state index is 12.5. The van der Waals surface area contributed by atoms with Crippen molar-refractivity contribution in [2.75, 3.05) is 19.6 Å². The van der Waals surface area contributed by atoms with Crippen molar-refractivity contribution in [3.05, 3.63) is 33.3 Å². The summed E-state index contributed by atoms with van der Waals surface area (Å²) in [7, 11) is 0. The number of carbonyl (C=O) groups is 2. The maximum absolute atomic E-state index is 12.5. The highest BCUT2D eigenvalue weighted by Crippen LogP contribution is 2.25. The van der Waals surface area contributed by atoms with Gasteiger partial charge < -0.3 is 10.2 Å². The Hall–Kier alpha value is -1.07. The van der Waals surface area contributed by atoms with Gasteiger partial charge in [0.05, 0.1) is 5.56 Å². The summed E-state index contributed by atoms with van der Waals surface area (Å²) in [6.45, 7) is 3.66. The molecule has 0 bridgehead atoms. The molecule has 1 aromatic rings. The first-order chi connectivity index (χ1) is 9.97. The Labute approximate surface area is 138 Å². The SMILES string of the molecule is CC(=O)NCC1CCN(C(=O)c2ccc(Cl)cc2Br)CC1. The summed E-state index contributed by atoms with van der Waals surface area (Å²) in [5.74, 6) is 0.474. The number of hydrogen-bond acceptors (Lipinski definition) is 2. The minimum absolute atomic E-state index is 0.00130. The van der Waals surface area contributed by atoms with Crippen LogP contribution in [0.5, 0.6) is 0 Å². The Balaban J connectivity index is 1.92. The van der Waals surface area contributed by atoms with Gasteiger partial charge in [0.15, 0.2) is 0 Å². The van der Waals surface area contributed by atoms with Crippen molar-refractivity contribution in [2.45, 2.75) is 19.8 Å². The molecule has 1 aliphatic rings. The minimum Gasteiger partial charge on any atom is -0.356 e. The second kappa shape index (κ2) is 7.27. The van der Waals surface area contributed by atoms with Crippen molar-refractivity contribution in [1.82, 2.24) is 10.2 Å². The van der Waals surface area contributed by atoms with E-state index in [0.29, 0.717) is 23.0 Å². The Morgan fingerprint density at radius 1 is 1.38 bits per heavy atom. The summed E-state index contributed by atoms with van der Waals surface area (Å²) in [6.07, 6.45) is 1.83. The number of piperidine rings is 1. The average Bonchev–Trinajstić information content (AvgIpc) is 2.45. The van der Waals surface area contributed by atoms with Crippen molar-refractivity contribution in [3.8, 4) is 0 Å². The number of amides is 2. The van der Waals surface area contributed by atoms with Gasteiger partial charge in [-0.05, 0) is 52.9 Å². The Bertz CT molecular complexity index is 542. The summed E-state index contributed by atoms with van der Waals surface area (Å²) in [4.78, 5) is 25.3. The van der Waals surface area contributed by atoms with Gasteiger partial charge in [-0.25, -0.2) is 0 Å². The molecule has 4 nitrogen and oxygen atoms in total. The van der Waals surface area contributed by atoms with Gasteiger partial charge in [-0.15, -0.1) is 0 Å². The van der Waals surface area contributed by atoms with Crippen LogP contribution in [-0.2, 0) is 4.79 Å². The molecule has 21 heavy (non-hydrogen) atoms. The van der Waals surface area contributed by atoms with Crippen LogP contribution >= 0.6 is 27.5 Å². The summed E-state index contributed by atoms with van der Waals surface area (Å²) in [6, 6.07) is 5.21. The molecule has 0 radical (unpaired) electrons. The van der Waals surface area contributed by atoms with Gasteiger partial charge in [0.1, 0.15) is 0 Å². The zero-order valence-electron chi connectivity index (χ0n) is 11.9. The predicted molar refractivity (Wildman–Crippen MR) is 86.5 cm³/mol. The van der Waals surface area contributed by atoms with Crippen LogP contribution < -0.4 is 5.32 Å². The van der Waals surface area contributed by atoms with E-state index in [1.807, 2.05) is 4.90 Å². The van der Waals surface area contributed by atoms with Crippen LogP contribution in [0.15, 0.2) is 22.7 Å². The molecule has 0 atom stereocenters. The lowest BCUT2D eigenvalue weighted by Crippen LogP contribution is -2.41. The third-order valence-corrected chi connectivity index (χ3v) is 4.59. The maximum Gasteiger partial charge on any atom is 0.254 e. The lowest BCUT2D eigenvalue weighted by molar-refractivity contribution is -0.119. The highest BCUT2D eigenvalue weighted by Gasteiger charge is 2.24. The van der Waals surface area contributed by atoms with Gasteiger partial charge in [-0.2, -0.15) is 0 Å². The van der Waals surface area contributed by atoms with Crippen LogP contribution in [0.4, 0.5) is 0 Å². The number of benzene rings is 1. The van der Waals surface area contributed by atoms with Crippen molar-refractivity contribution in [2.24, 2.45) is 5.92 Å². The fourth-order valence-electron chi connectivity index (χ4n) is 2.46. The zero-order valence-corrected chi connectivity index (χ0v) is 14.2. The lowest BCUT2D eigenvalue weighted by Gasteiger charge is -2.32. The molecule has 0 aromatic heterocycles. The Morgan fingerprint density at radius 2 is 2.05 bits per heavy atom. The number of halogens is 2. The number of nitrogens with zero attached hydrogens (tertiary/aromatic N) is 1. The monoisotopic (exact) mass is 372 g/mol. The smallest absolute Gasteiger partial charge is 0.254 e. The molecule has 0 spiro atoms. The van der Waals surface area contributed by atoms with E-state index < -0.39 is 0 Å². The molecule has 0 unspecified atom stereocenters. The van der Waals surface area contributed by atoms with E-state index in [2.05, 4.69) is 21.2 Å². The molecule has 1 saturated heterocycles. The van der Waals surface area contributed by atoms with Crippen LogP contribution in [-0.4, -0.2) is 36.3 Å². The predicted octanol–water partition coefficient (Wildman–Crippen LogP) is 3.09. The zero-order chi connectivity index (χ0) is 15.4. The molecule has 1 aliphatic heterocycles. The van der Waals surface area contributed by atoms with Crippen LogP contribution in [0.2, 0.25) is 5.02 Å². The number of hydrogen-bond donors (Lipinski definition) is 1. The van der Waals surface area contributed by atoms with E-state index in [1.165, 1.54) is 6.92 Å². The largest absolute Gasteiger partial charge is 0.356 e. The van der Waals surface area contributed by atoms with Gasteiger partial charge in [-0.3, -0.25) is 9.59 Å². The van der Waals surface area contributed by atoms with Crippen molar-refractivity contribution >= 4 is 39.3 Å². The highest BCUT2D eigenvalue weighted by molar-refractivity contribution is 9.10. The third kappa shape index (κ3) is 4.45. The second-order valence-corrected chi connectivity index (χ2v) is 6.59. The molecule has 1 N–H and O–H groups in total. The summed E-state index contributed by atoms with van der Waals surface area (Å²) >= 11 is 9.29. The molecule has 0 aliphatic carbocycles. The molecule has 2 amide bonds. The summed E-state index contributed by atoms with van der Waals surface area (Å²) in [5, 5.41) is 3.45. The number of nitrogens with one attached hydrogen (secondary N) is 1. The molecule has 1 heterocycles. The van der Waals surface area contributed by atoms with E-state index in [0.717, 1.165) is 30.4 Å². The first kappa shape index (κ1) is 16.3. The molecule has 0 saturated carbocycles. The van der Waals surface area contributed by atoms with E-state index in [1.54, 1.807) is 18.2 Å². The second-order valence-electron chi connectivity index (χ2n) is 5.30. The number of rotatable bonds is 3. The average molecular weight is 374 g/mol. The van der Waals surface area contributed by atoms with Crippen molar-refractivity contribution < 1.29 is 9.59 Å². The Kier molecular flexibility index (Phi) is 5.65. The van der Waals surface area contributed by atoms with Gasteiger partial charge in [-0.1, -0.05) is 11.6 Å². The van der Waals surface area contributed by atoms with E-state index >= 15 is 0 Å². The molecule has 2 rings (SSSR count). The van der Waals surface area contributed by atoms with E-state index in [9.17, 15) is 9.59 Å². The van der Waals surface area contributed by atoms with Crippen LogP contribution in [0, 0.1) is 5.92 Å². The number of likely N-dealkylation sites (tertiary alicyclic amines) is 1. The topological polar surface area (TPSA) is 49.4 Å². The molecular weight excluding hydrogens is 356 g/mol. The molecule has 1 fully saturated rings. The van der Waals surface area contributed by atoms with Gasteiger partial charge in [0.25, 0.3) is 5.91 Å². The van der Waals surface area contributed by atoms with Crippen molar-refractivity contribution in [1.29, 1.82) is 0 Å². The first-order valence-electron chi connectivity index (χ1n) is 6.96. The van der Waals surface area contributed by atoms with Gasteiger partial charge in [0.2, 0.25) is 5.91 Å². The first-order valence-corrected chi connectivity index (χ1v) is 8.13.